The van der Waals surface area contributed by atoms with Gasteiger partial charge in [-0.15, -0.1) is 24.0 Å². The molecule has 2 rings (SSSR count). The Morgan fingerprint density at radius 2 is 1.71 bits per heavy atom. The van der Waals surface area contributed by atoms with Crippen molar-refractivity contribution in [3.05, 3.63) is 59.2 Å². The molecule has 8 heteroatoms. The Hall–Kier alpha value is -2.49. The summed E-state index contributed by atoms with van der Waals surface area (Å²) >= 11 is 0. The number of nitrogens with one attached hydrogen (secondary N) is 2. The minimum absolute atomic E-state index is 0. The van der Waals surface area contributed by atoms with Gasteiger partial charge in [-0.05, 0) is 55.2 Å². The molecule has 2 aromatic carbocycles. The van der Waals surface area contributed by atoms with Crippen molar-refractivity contribution in [1.29, 1.82) is 0 Å². The smallest absolute Gasteiger partial charge is 0.251 e. The van der Waals surface area contributed by atoms with Crippen molar-refractivity contribution in [2.75, 3.05) is 20.8 Å². The largest absolute Gasteiger partial charge is 0.493 e. The first-order chi connectivity index (χ1) is 14.5. The maximum Gasteiger partial charge on any atom is 0.251 e. The molecule has 7 nitrogen and oxygen atoms in total. The van der Waals surface area contributed by atoms with E-state index in [2.05, 4.69) is 15.6 Å². The second-order valence-corrected chi connectivity index (χ2v) is 7.05. The van der Waals surface area contributed by atoms with Crippen molar-refractivity contribution >= 4 is 35.8 Å². The topological polar surface area (TPSA) is 98.0 Å². The van der Waals surface area contributed by atoms with Crippen LogP contribution >= 0.6 is 24.0 Å². The van der Waals surface area contributed by atoms with E-state index in [0.717, 1.165) is 24.0 Å². The predicted molar refractivity (Wildman–Crippen MR) is 136 cm³/mol. The molecule has 31 heavy (non-hydrogen) atoms. The van der Waals surface area contributed by atoms with E-state index in [0.29, 0.717) is 36.1 Å². The molecule has 0 aromatic heterocycles. The van der Waals surface area contributed by atoms with Crippen LogP contribution in [0.15, 0.2) is 47.5 Å². The molecule has 0 aliphatic rings. The van der Waals surface area contributed by atoms with E-state index in [-0.39, 0.29) is 35.9 Å². The predicted octanol–water partition coefficient (Wildman–Crippen LogP) is 3.50. The van der Waals surface area contributed by atoms with Gasteiger partial charge in [0.15, 0.2) is 17.5 Å². The standard InChI is InChI=1S/C23H32N4O3.HI/c1-5-16(2)27-22(28)19-9-6-18(7-10-19)15-26-23(24)25-13-12-17-8-11-20(29-3)21(14-17)30-4;/h6-11,14,16H,5,12-13,15H2,1-4H3,(H,27,28)(H3,24,25,26);1H. The van der Waals surface area contributed by atoms with Crippen LogP contribution in [0, 0.1) is 0 Å². The number of ether oxygens (including phenoxy) is 2. The van der Waals surface area contributed by atoms with Crippen LogP contribution < -0.4 is 25.8 Å². The fourth-order valence-corrected chi connectivity index (χ4v) is 2.77. The van der Waals surface area contributed by atoms with Crippen LogP contribution in [-0.4, -0.2) is 38.7 Å². The quantitative estimate of drug-likeness (QED) is 0.244. The molecule has 0 saturated heterocycles. The summed E-state index contributed by atoms with van der Waals surface area (Å²) in [6.45, 7) is 5.13. The number of methoxy groups -OCH3 is 2. The highest BCUT2D eigenvalue weighted by Gasteiger charge is 2.08. The molecule has 0 fully saturated rings. The van der Waals surface area contributed by atoms with Gasteiger partial charge in [0.1, 0.15) is 0 Å². The molecule has 2 aromatic rings. The molecule has 170 valence electrons. The lowest BCUT2D eigenvalue weighted by Crippen LogP contribution is -2.33. The summed E-state index contributed by atoms with van der Waals surface area (Å²) in [7, 11) is 3.24. The number of hydrogen-bond acceptors (Lipinski definition) is 4. The number of guanidine groups is 1. The van der Waals surface area contributed by atoms with E-state index in [1.54, 1.807) is 14.2 Å². The van der Waals surface area contributed by atoms with Crippen LogP contribution in [0.25, 0.3) is 0 Å². The third kappa shape index (κ3) is 8.64. The Bertz CT molecular complexity index is 856. The van der Waals surface area contributed by atoms with Crippen LogP contribution in [-0.2, 0) is 13.0 Å². The lowest BCUT2D eigenvalue weighted by atomic mass is 10.1. The summed E-state index contributed by atoms with van der Waals surface area (Å²) < 4.78 is 10.6. The van der Waals surface area contributed by atoms with Crippen LogP contribution in [0.3, 0.4) is 0 Å². The van der Waals surface area contributed by atoms with Crippen LogP contribution in [0.1, 0.15) is 41.8 Å². The molecule has 0 radical (unpaired) electrons. The Balaban J connectivity index is 0.00000480. The number of aliphatic imine (C=N–C) groups is 1. The third-order valence-electron chi connectivity index (χ3n) is 4.81. The highest BCUT2D eigenvalue weighted by Crippen LogP contribution is 2.27. The molecule has 1 unspecified atom stereocenters. The summed E-state index contributed by atoms with van der Waals surface area (Å²) in [5, 5.41) is 6.07. The third-order valence-corrected chi connectivity index (χ3v) is 4.81. The number of carbonyl (C=O) groups is 1. The Labute approximate surface area is 201 Å². The van der Waals surface area contributed by atoms with E-state index in [1.807, 2.05) is 56.3 Å². The first-order valence-corrected chi connectivity index (χ1v) is 10.1. The zero-order chi connectivity index (χ0) is 21.9. The highest BCUT2D eigenvalue weighted by atomic mass is 127. The average molecular weight is 540 g/mol. The number of carbonyl (C=O) groups excluding carboxylic acids is 1. The van der Waals surface area contributed by atoms with Crippen LogP contribution in [0.5, 0.6) is 11.5 Å². The molecular formula is C23H33IN4O3. The lowest BCUT2D eigenvalue weighted by molar-refractivity contribution is 0.0939. The van der Waals surface area contributed by atoms with Crippen molar-refractivity contribution in [1.82, 2.24) is 10.6 Å². The molecule has 0 heterocycles. The van der Waals surface area contributed by atoms with Crippen molar-refractivity contribution in [2.45, 2.75) is 39.3 Å². The van der Waals surface area contributed by atoms with Crippen molar-refractivity contribution < 1.29 is 14.3 Å². The molecule has 0 bridgehead atoms. The van der Waals surface area contributed by atoms with Gasteiger partial charge in [-0.3, -0.25) is 4.79 Å². The molecule has 0 spiro atoms. The molecule has 0 aliphatic carbocycles. The lowest BCUT2D eigenvalue weighted by Gasteiger charge is -2.11. The summed E-state index contributed by atoms with van der Waals surface area (Å²) in [5.41, 5.74) is 8.70. The number of nitrogens with zero attached hydrogens (tertiary/aromatic N) is 1. The summed E-state index contributed by atoms with van der Waals surface area (Å²) in [4.78, 5) is 16.5. The SMILES string of the molecule is CCC(C)NC(=O)c1ccc(CN=C(N)NCCc2ccc(OC)c(OC)c2)cc1.I. The zero-order valence-corrected chi connectivity index (χ0v) is 20.9. The van der Waals surface area contributed by atoms with Gasteiger partial charge in [0.05, 0.1) is 20.8 Å². The monoisotopic (exact) mass is 540 g/mol. The second-order valence-electron chi connectivity index (χ2n) is 7.05. The maximum absolute atomic E-state index is 12.1. The highest BCUT2D eigenvalue weighted by molar-refractivity contribution is 14.0. The van der Waals surface area contributed by atoms with Gasteiger partial charge in [0.25, 0.3) is 5.91 Å². The second kappa shape index (κ2) is 13.7. The van der Waals surface area contributed by atoms with Gasteiger partial charge < -0.3 is 25.8 Å². The van der Waals surface area contributed by atoms with Crippen molar-refractivity contribution in [3.63, 3.8) is 0 Å². The Morgan fingerprint density at radius 1 is 1.06 bits per heavy atom. The number of halogens is 1. The number of hydrogen-bond donors (Lipinski definition) is 3. The van der Waals surface area contributed by atoms with Crippen LogP contribution in [0.4, 0.5) is 0 Å². The summed E-state index contributed by atoms with van der Waals surface area (Å²) in [6, 6.07) is 13.4. The Morgan fingerprint density at radius 3 is 2.32 bits per heavy atom. The van der Waals surface area contributed by atoms with E-state index in [9.17, 15) is 4.79 Å². The van der Waals surface area contributed by atoms with Crippen LogP contribution in [0.2, 0.25) is 0 Å². The summed E-state index contributed by atoms with van der Waals surface area (Å²) in [6.07, 6.45) is 1.67. The van der Waals surface area contributed by atoms with E-state index in [4.69, 9.17) is 15.2 Å². The van der Waals surface area contributed by atoms with Gasteiger partial charge in [-0.1, -0.05) is 25.1 Å². The van der Waals surface area contributed by atoms with Gasteiger partial charge in [0.2, 0.25) is 0 Å². The molecule has 0 aliphatic heterocycles. The van der Waals surface area contributed by atoms with E-state index < -0.39 is 0 Å². The fraction of sp³-hybridized carbons (Fsp3) is 0.391. The van der Waals surface area contributed by atoms with E-state index >= 15 is 0 Å². The normalized spacial score (nSPS) is 11.8. The maximum atomic E-state index is 12.1. The first kappa shape index (κ1) is 26.5. The zero-order valence-electron chi connectivity index (χ0n) is 18.6. The molecule has 1 atom stereocenters. The fourth-order valence-electron chi connectivity index (χ4n) is 2.77. The van der Waals surface area contributed by atoms with E-state index in [1.165, 1.54) is 0 Å². The Kier molecular flexibility index (Phi) is 11.8. The van der Waals surface area contributed by atoms with Gasteiger partial charge in [-0.25, -0.2) is 4.99 Å². The molecule has 4 N–H and O–H groups in total. The van der Waals surface area contributed by atoms with Crippen molar-refractivity contribution in [3.8, 4) is 11.5 Å². The minimum Gasteiger partial charge on any atom is -0.493 e. The number of amides is 1. The van der Waals surface area contributed by atoms with Crippen molar-refractivity contribution in [2.24, 2.45) is 10.7 Å². The number of nitrogens with two attached hydrogens (primary N) is 1. The molecule has 1 amide bonds. The van der Waals surface area contributed by atoms with Gasteiger partial charge in [0, 0.05) is 18.2 Å². The molecular weight excluding hydrogens is 507 g/mol. The molecule has 0 saturated carbocycles. The first-order valence-electron chi connectivity index (χ1n) is 10.1. The number of benzene rings is 2. The average Bonchev–Trinajstić information content (AvgIpc) is 2.77. The van der Waals surface area contributed by atoms with Gasteiger partial charge >= 0.3 is 0 Å². The van der Waals surface area contributed by atoms with Gasteiger partial charge in [-0.2, -0.15) is 0 Å². The minimum atomic E-state index is -0.0595. The number of rotatable bonds is 10. The summed E-state index contributed by atoms with van der Waals surface area (Å²) in [5.74, 6) is 1.74.